The molecule has 15 heavy (non-hydrogen) atoms. The van der Waals surface area contributed by atoms with E-state index in [0.717, 1.165) is 5.56 Å². The lowest BCUT2D eigenvalue weighted by Crippen LogP contribution is -2.28. The number of carbonyl (C=O) groups is 1. The second-order valence-electron chi connectivity index (χ2n) is 3.17. The molecule has 0 N–H and O–H groups in total. The molecule has 1 amide bonds. The molecular formula is C11H11N2O2. The maximum Gasteiger partial charge on any atom is 0.415 e. The maximum absolute atomic E-state index is 11.4. The molecule has 0 unspecified atom stereocenters. The number of nitrogens with zero attached hydrogens (tertiary/aromatic N) is 2. The summed E-state index contributed by atoms with van der Waals surface area (Å²) in [6, 6.07) is 9.57. The molecule has 0 saturated heterocycles. The molecule has 77 valence electrons. The van der Waals surface area contributed by atoms with Crippen LogP contribution < -0.4 is 0 Å². The van der Waals surface area contributed by atoms with Crippen molar-refractivity contribution in [3.63, 3.8) is 0 Å². The Hall–Kier alpha value is -1.84. The predicted octanol–water partition coefficient (Wildman–Crippen LogP) is 1.54. The third kappa shape index (κ3) is 2.56. The summed E-state index contributed by atoms with van der Waals surface area (Å²) in [5, 5.41) is 0. The van der Waals surface area contributed by atoms with Gasteiger partial charge in [-0.3, -0.25) is 9.89 Å². The fourth-order valence-corrected chi connectivity index (χ4v) is 1.26. The molecule has 1 aliphatic heterocycles. The van der Waals surface area contributed by atoms with Crippen LogP contribution in [0.2, 0.25) is 0 Å². The Balaban J connectivity index is 1.83. The van der Waals surface area contributed by atoms with E-state index >= 15 is 0 Å². The zero-order valence-corrected chi connectivity index (χ0v) is 8.22. The van der Waals surface area contributed by atoms with E-state index in [-0.39, 0.29) is 12.7 Å². The van der Waals surface area contributed by atoms with Crippen LogP contribution in [0, 0.1) is 0 Å². The second kappa shape index (κ2) is 4.59. The van der Waals surface area contributed by atoms with Gasteiger partial charge in [0.1, 0.15) is 6.61 Å². The van der Waals surface area contributed by atoms with Crippen molar-refractivity contribution in [3.8, 4) is 0 Å². The average Bonchev–Trinajstić information content (AvgIpc) is 2.81. The van der Waals surface area contributed by atoms with E-state index in [1.54, 1.807) is 0 Å². The molecule has 0 aromatic heterocycles. The van der Waals surface area contributed by atoms with Crippen LogP contribution in [0.1, 0.15) is 5.56 Å². The van der Waals surface area contributed by atoms with Crippen molar-refractivity contribution < 1.29 is 9.53 Å². The van der Waals surface area contributed by atoms with Gasteiger partial charge in [-0.25, -0.2) is 4.79 Å². The Labute approximate surface area is 88.2 Å². The summed E-state index contributed by atoms with van der Waals surface area (Å²) in [4.78, 5) is 16.6. The molecule has 0 spiro atoms. The second-order valence-corrected chi connectivity index (χ2v) is 3.17. The smallest absolute Gasteiger partial charge is 0.415 e. The quantitative estimate of drug-likeness (QED) is 0.731. The lowest BCUT2D eigenvalue weighted by Gasteiger charge is -2.11. The minimum Gasteiger partial charge on any atom is -0.444 e. The van der Waals surface area contributed by atoms with Crippen molar-refractivity contribution in [2.75, 3.05) is 13.1 Å². The van der Waals surface area contributed by atoms with Crippen molar-refractivity contribution in [1.29, 1.82) is 0 Å². The van der Waals surface area contributed by atoms with Gasteiger partial charge in [-0.05, 0) is 5.56 Å². The normalized spacial score (nSPS) is 14.3. The maximum atomic E-state index is 11.4. The highest BCUT2D eigenvalue weighted by Crippen LogP contribution is 2.03. The topological polar surface area (TPSA) is 41.9 Å². The average molecular weight is 203 g/mol. The van der Waals surface area contributed by atoms with Gasteiger partial charge in [-0.1, -0.05) is 30.3 Å². The summed E-state index contributed by atoms with van der Waals surface area (Å²) in [7, 11) is 0. The van der Waals surface area contributed by atoms with E-state index in [4.69, 9.17) is 4.74 Å². The van der Waals surface area contributed by atoms with E-state index in [0.29, 0.717) is 13.1 Å². The number of rotatable bonds is 2. The number of amides is 1. The van der Waals surface area contributed by atoms with Gasteiger partial charge in [0, 0.05) is 0 Å². The van der Waals surface area contributed by atoms with Crippen LogP contribution >= 0.6 is 0 Å². The molecule has 0 saturated carbocycles. The Morgan fingerprint density at radius 1 is 1.47 bits per heavy atom. The Morgan fingerprint density at radius 3 is 2.93 bits per heavy atom. The third-order valence-corrected chi connectivity index (χ3v) is 2.05. The first kappa shape index (κ1) is 9.71. The number of hydrogen-bond donors (Lipinski definition) is 0. The molecule has 1 aromatic carbocycles. The lowest BCUT2D eigenvalue weighted by molar-refractivity contribution is 0.119. The van der Waals surface area contributed by atoms with Gasteiger partial charge < -0.3 is 4.74 Å². The standard InChI is InChI=1S/C11H11N2O2/c14-11(13-7-6-12-9-13)15-8-10-4-2-1-3-5-10/h1-5H,6-8H2. The van der Waals surface area contributed by atoms with Crippen LogP contribution in [0.5, 0.6) is 0 Å². The molecule has 4 heteroatoms. The first-order valence-electron chi connectivity index (χ1n) is 4.76. The predicted molar refractivity (Wildman–Crippen MR) is 55.6 cm³/mol. The zero-order valence-electron chi connectivity index (χ0n) is 8.22. The monoisotopic (exact) mass is 203 g/mol. The van der Waals surface area contributed by atoms with Crippen LogP contribution in [0.3, 0.4) is 0 Å². The van der Waals surface area contributed by atoms with Crippen molar-refractivity contribution in [1.82, 2.24) is 4.90 Å². The SMILES string of the molecule is O=C(OCc1ccccc1)N1[C]=NCC1. The molecule has 2 rings (SSSR count). The van der Waals surface area contributed by atoms with Crippen LogP contribution in [0.25, 0.3) is 0 Å². The molecule has 1 aliphatic rings. The lowest BCUT2D eigenvalue weighted by atomic mass is 10.2. The van der Waals surface area contributed by atoms with Crippen molar-refractivity contribution in [3.05, 3.63) is 35.9 Å². The molecule has 0 fully saturated rings. The first-order valence-corrected chi connectivity index (χ1v) is 4.76. The highest BCUT2D eigenvalue weighted by molar-refractivity contribution is 5.83. The van der Waals surface area contributed by atoms with E-state index in [1.165, 1.54) is 4.90 Å². The molecule has 4 nitrogen and oxygen atoms in total. The highest BCUT2D eigenvalue weighted by Gasteiger charge is 2.16. The van der Waals surface area contributed by atoms with E-state index in [1.807, 2.05) is 30.3 Å². The van der Waals surface area contributed by atoms with Crippen molar-refractivity contribution in [2.45, 2.75) is 6.61 Å². The van der Waals surface area contributed by atoms with Crippen LogP contribution in [-0.4, -0.2) is 30.4 Å². The highest BCUT2D eigenvalue weighted by atomic mass is 16.6. The minimum atomic E-state index is -0.389. The molecule has 0 bridgehead atoms. The summed E-state index contributed by atoms with van der Waals surface area (Å²) in [6.45, 7) is 1.46. The summed E-state index contributed by atoms with van der Waals surface area (Å²) in [5.41, 5.74) is 0.974. The molecule has 1 radical (unpaired) electrons. The van der Waals surface area contributed by atoms with Gasteiger partial charge in [-0.2, -0.15) is 0 Å². The number of benzene rings is 1. The van der Waals surface area contributed by atoms with Gasteiger partial charge in [-0.15, -0.1) is 0 Å². The third-order valence-electron chi connectivity index (χ3n) is 2.05. The van der Waals surface area contributed by atoms with Gasteiger partial charge in [0.2, 0.25) is 0 Å². The largest absolute Gasteiger partial charge is 0.444 e. The van der Waals surface area contributed by atoms with E-state index in [2.05, 4.69) is 11.3 Å². The van der Waals surface area contributed by atoms with Gasteiger partial charge in [0.05, 0.1) is 13.1 Å². The fraction of sp³-hybridized carbons (Fsp3) is 0.273. The number of ether oxygens (including phenoxy) is 1. The van der Waals surface area contributed by atoms with Crippen LogP contribution in [0.15, 0.2) is 35.3 Å². The van der Waals surface area contributed by atoms with Crippen LogP contribution in [0.4, 0.5) is 4.79 Å². The van der Waals surface area contributed by atoms with E-state index < -0.39 is 0 Å². The summed E-state index contributed by atoms with van der Waals surface area (Å²) in [6.07, 6.45) is 2.19. The van der Waals surface area contributed by atoms with Gasteiger partial charge in [0.25, 0.3) is 0 Å². The number of carbonyl (C=O) groups excluding carboxylic acids is 1. The molecule has 1 aromatic rings. The Morgan fingerprint density at radius 2 is 2.27 bits per heavy atom. The van der Waals surface area contributed by atoms with Crippen molar-refractivity contribution >= 4 is 12.4 Å². The Kier molecular flexibility index (Phi) is 2.97. The minimum absolute atomic E-state index is 0.290. The fourth-order valence-electron chi connectivity index (χ4n) is 1.26. The molecule has 0 atom stereocenters. The molecular weight excluding hydrogens is 192 g/mol. The number of aliphatic imine (C=N–C) groups is 1. The Bertz CT molecular complexity index is 362. The molecule has 1 heterocycles. The zero-order chi connectivity index (χ0) is 10.5. The van der Waals surface area contributed by atoms with E-state index in [9.17, 15) is 4.79 Å². The van der Waals surface area contributed by atoms with Gasteiger partial charge in [0.15, 0.2) is 6.34 Å². The summed E-state index contributed by atoms with van der Waals surface area (Å²) in [5.74, 6) is 0. The van der Waals surface area contributed by atoms with Crippen molar-refractivity contribution in [2.24, 2.45) is 4.99 Å². The molecule has 0 aliphatic carbocycles. The summed E-state index contributed by atoms with van der Waals surface area (Å²) < 4.78 is 5.08. The number of hydrogen-bond acceptors (Lipinski definition) is 3. The summed E-state index contributed by atoms with van der Waals surface area (Å²) >= 11 is 0. The first-order chi connectivity index (χ1) is 7.36. The van der Waals surface area contributed by atoms with Gasteiger partial charge >= 0.3 is 6.09 Å². The van der Waals surface area contributed by atoms with Crippen LogP contribution in [-0.2, 0) is 11.3 Å².